The van der Waals surface area contributed by atoms with Crippen LogP contribution in [0.5, 0.6) is 11.6 Å². The van der Waals surface area contributed by atoms with E-state index in [9.17, 15) is 14.9 Å². The van der Waals surface area contributed by atoms with Crippen LogP contribution in [0.1, 0.15) is 30.8 Å². The molecular formula is C15H18N4O4. The maximum Gasteiger partial charge on any atom is 0.311 e. The molecule has 122 valence electrons. The molecule has 8 nitrogen and oxygen atoms in total. The molecule has 0 unspecified atom stereocenters. The van der Waals surface area contributed by atoms with Gasteiger partial charge in [-0.05, 0) is 19.4 Å². The maximum absolute atomic E-state index is 12.1. The third-order valence-electron chi connectivity index (χ3n) is 3.34. The van der Waals surface area contributed by atoms with Gasteiger partial charge in [-0.3, -0.25) is 14.9 Å². The molecule has 8 heteroatoms. The molecule has 0 saturated carbocycles. The maximum atomic E-state index is 12.1. The van der Waals surface area contributed by atoms with Crippen molar-refractivity contribution in [1.82, 2.24) is 15.1 Å². The highest BCUT2D eigenvalue weighted by atomic mass is 16.6. The van der Waals surface area contributed by atoms with Crippen molar-refractivity contribution >= 4 is 11.6 Å². The molecule has 2 aromatic rings. The van der Waals surface area contributed by atoms with Crippen LogP contribution in [0.3, 0.4) is 0 Å². The SMILES string of the molecule is CC[C@@H](C)NC(=O)c1cc(Oc2ccccc2[N+](=O)[O-])n(C)n1. The zero-order valence-corrected chi connectivity index (χ0v) is 13.1. The first-order valence-electron chi connectivity index (χ1n) is 7.18. The molecule has 0 saturated heterocycles. The first kappa shape index (κ1) is 16.5. The summed E-state index contributed by atoms with van der Waals surface area (Å²) in [5.74, 6) is 0.0235. The second-order valence-corrected chi connectivity index (χ2v) is 5.10. The monoisotopic (exact) mass is 318 g/mol. The molecule has 1 amide bonds. The molecule has 0 aliphatic heterocycles. The van der Waals surface area contributed by atoms with Crippen LogP contribution in [0.2, 0.25) is 0 Å². The quantitative estimate of drug-likeness (QED) is 0.652. The van der Waals surface area contributed by atoms with E-state index in [2.05, 4.69) is 10.4 Å². The lowest BCUT2D eigenvalue weighted by molar-refractivity contribution is -0.385. The van der Waals surface area contributed by atoms with Crippen LogP contribution >= 0.6 is 0 Å². The van der Waals surface area contributed by atoms with Crippen molar-refractivity contribution in [3.63, 3.8) is 0 Å². The van der Waals surface area contributed by atoms with Gasteiger partial charge < -0.3 is 10.1 Å². The van der Waals surface area contributed by atoms with Gasteiger partial charge in [-0.2, -0.15) is 5.10 Å². The average Bonchev–Trinajstić information content (AvgIpc) is 2.88. The number of amides is 1. The highest BCUT2D eigenvalue weighted by Gasteiger charge is 2.19. The molecule has 1 atom stereocenters. The second-order valence-electron chi connectivity index (χ2n) is 5.10. The number of aryl methyl sites for hydroxylation is 1. The largest absolute Gasteiger partial charge is 0.432 e. The van der Waals surface area contributed by atoms with Crippen LogP contribution in [0, 0.1) is 10.1 Å². The summed E-state index contributed by atoms with van der Waals surface area (Å²) in [4.78, 5) is 22.5. The molecular weight excluding hydrogens is 300 g/mol. The van der Waals surface area contributed by atoms with E-state index in [0.29, 0.717) is 0 Å². The fraction of sp³-hybridized carbons (Fsp3) is 0.333. The Bertz CT molecular complexity index is 726. The van der Waals surface area contributed by atoms with Gasteiger partial charge in [0, 0.05) is 25.2 Å². The number of nitro groups is 1. The van der Waals surface area contributed by atoms with Gasteiger partial charge in [-0.15, -0.1) is 0 Å². The molecule has 0 fully saturated rings. The molecule has 0 aliphatic rings. The number of hydrogen-bond acceptors (Lipinski definition) is 5. The van der Waals surface area contributed by atoms with Gasteiger partial charge in [0.2, 0.25) is 11.6 Å². The average molecular weight is 318 g/mol. The van der Waals surface area contributed by atoms with E-state index < -0.39 is 4.92 Å². The Morgan fingerprint density at radius 3 is 2.83 bits per heavy atom. The van der Waals surface area contributed by atoms with Gasteiger partial charge in [0.05, 0.1) is 4.92 Å². The van der Waals surface area contributed by atoms with Gasteiger partial charge >= 0.3 is 5.69 Å². The number of benzene rings is 1. The van der Waals surface area contributed by atoms with E-state index in [0.717, 1.165) is 6.42 Å². The lowest BCUT2D eigenvalue weighted by Crippen LogP contribution is -2.32. The normalized spacial score (nSPS) is 11.8. The van der Waals surface area contributed by atoms with Crippen LogP contribution in [-0.4, -0.2) is 26.7 Å². The minimum Gasteiger partial charge on any atom is -0.432 e. The number of carbonyl (C=O) groups excluding carboxylic acids is 1. The predicted molar refractivity (Wildman–Crippen MR) is 83.6 cm³/mol. The Labute approximate surface area is 133 Å². The van der Waals surface area contributed by atoms with Crippen LogP contribution in [0.25, 0.3) is 0 Å². The van der Waals surface area contributed by atoms with Crippen molar-refractivity contribution in [1.29, 1.82) is 0 Å². The smallest absolute Gasteiger partial charge is 0.311 e. The molecule has 0 aliphatic carbocycles. The van der Waals surface area contributed by atoms with E-state index >= 15 is 0 Å². The predicted octanol–water partition coefficient (Wildman–Crippen LogP) is 2.65. The number of nitrogens with one attached hydrogen (secondary N) is 1. The summed E-state index contributed by atoms with van der Waals surface area (Å²) in [6, 6.07) is 7.51. The van der Waals surface area contributed by atoms with E-state index in [-0.39, 0.29) is 35.0 Å². The number of nitrogens with zero attached hydrogens (tertiary/aromatic N) is 3. The van der Waals surface area contributed by atoms with E-state index in [4.69, 9.17) is 4.74 Å². The number of aromatic nitrogens is 2. The van der Waals surface area contributed by atoms with E-state index in [1.165, 1.54) is 22.9 Å². The summed E-state index contributed by atoms with van der Waals surface area (Å²) in [7, 11) is 1.60. The lowest BCUT2D eigenvalue weighted by Gasteiger charge is -2.08. The lowest BCUT2D eigenvalue weighted by atomic mass is 10.2. The molecule has 0 bridgehead atoms. The first-order chi connectivity index (χ1) is 10.9. The Morgan fingerprint density at radius 2 is 2.17 bits per heavy atom. The fourth-order valence-electron chi connectivity index (χ4n) is 1.86. The Kier molecular flexibility index (Phi) is 4.95. The standard InChI is InChI=1S/C15H18N4O4/c1-4-10(2)16-15(20)11-9-14(18(3)17-11)23-13-8-6-5-7-12(13)19(21)22/h5-10H,4H2,1-3H3,(H,16,20)/t10-/m1/s1. The van der Waals surface area contributed by atoms with Gasteiger partial charge in [0.1, 0.15) is 0 Å². The summed E-state index contributed by atoms with van der Waals surface area (Å²) in [5.41, 5.74) is 0.0423. The Hall–Kier alpha value is -2.90. The summed E-state index contributed by atoms with van der Waals surface area (Å²) in [5, 5.41) is 17.9. The summed E-state index contributed by atoms with van der Waals surface area (Å²) < 4.78 is 6.91. The van der Waals surface area contributed by atoms with Crippen molar-refractivity contribution in [3.8, 4) is 11.6 Å². The van der Waals surface area contributed by atoms with Crippen LogP contribution in [0.15, 0.2) is 30.3 Å². The van der Waals surface area contributed by atoms with Crippen molar-refractivity contribution < 1.29 is 14.5 Å². The molecule has 1 aromatic carbocycles. The summed E-state index contributed by atoms with van der Waals surface area (Å²) >= 11 is 0. The second kappa shape index (κ2) is 6.91. The topological polar surface area (TPSA) is 99.3 Å². The van der Waals surface area contributed by atoms with Crippen LogP contribution in [0.4, 0.5) is 5.69 Å². The minimum atomic E-state index is -0.526. The Morgan fingerprint density at radius 1 is 1.48 bits per heavy atom. The molecule has 1 N–H and O–H groups in total. The number of nitro benzene ring substituents is 1. The number of rotatable bonds is 6. The number of hydrogen-bond donors (Lipinski definition) is 1. The molecule has 0 radical (unpaired) electrons. The van der Waals surface area contributed by atoms with Gasteiger partial charge in [0.15, 0.2) is 5.69 Å². The Balaban J connectivity index is 2.23. The van der Waals surface area contributed by atoms with Crippen LogP contribution in [-0.2, 0) is 7.05 Å². The van der Waals surface area contributed by atoms with Gasteiger partial charge in [0.25, 0.3) is 5.91 Å². The molecule has 2 rings (SSSR count). The minimum absolute atomic E-state index is 0.0316. The highest BCUT2D eigenvalue weighted by Crippen LogP contribution is 2.30. The van der Waals surface area contributed by atoms with Gasteiger partial charge in [-0.25, -0.2) is 4.68 Å². The fourth-order valence-corrected chi connectivity index (χ4v) is 1.86. The van der Waals surface area contributed by atoms with E-state index in [1.807, 2.05) is 13.8 Å². The number of para-hydroxylation sites is 2. The number of carbonyl (C=O) groups is 1. The zero-order chi connectivity index (χ0) is 17.0. The first-order valence-corrected chi connectivity index (χ1v) is 7.18. The molecule has 0 spiro atoms. The summed E-state index contributed by atoms with van der Waals surface area (Å²) in [6.07, 6.45) is 0.804. The van der Waals surface area contributed by atoms with Crippen molar-refractivity contribution in [2.75, 3.05) is 0 Å². The van der Waals surface area contributed by atoms with Gasteiger partial charge in [-0.1, -0.05) is 19.1 Å². The highest BCUT2D eigenvalue weighted by molar-refractivity contribution is 5.92. The molecule has 23 heavy (non-hydrogen) atoms. The number of ether oxygens (including phenoxy) is 1. The van der Waals surface area contributed by atoms with Crippen molar-refractivity contribution in [2.45, 2.75) is 26.3 Å². The third-order valence-corrected chi connectivity index (χ3v) is 3.34. The third kappa shape index (κ3) is 3.85. The van der Waals surface area contributed by atoms with Crippen molar-refractivity contribution in [3.05, 3.63) is 46.1 Å². The summed E-state index contributed by atoms with van der Waals surface area (Å²) in [6.45, 7) is 3.86. The molecule has 1 aromatic heterocycles. The zero-order valence-electron chi connectivity index (χ0n) is 13.1. The molecule has 1 heterocycles. The van der Waals surface area contributed by atoms with Crippen LogP contribution < -0.4 is 10.1 Å². The van der Waals surface area contributed by atoms with Crippen molar-refractivity contribution in [2.24, 2.45) is 7.05 Å². The van der Waals surface area contributed by atoms with E-state index in [1.54, 1.807) is 19.2 Å².